The smallest absolute Gasteiger partial charge is 0.313 e. The number of carboxylic acid groups (broad SMARTS) is 1. The Morgan fingerprint density at radius 2 is 2.19 bits per heavy atom. The molecule has 0 atom stereocenters. The van der Waals surface area contributed by atoms with Gasteiger partial charge in [0.2, 0.25) is 0 Å². The summed E-state index contributed by atoms with van der Waals surface area (Å²) in [4.78, 5) is 10.6. The Kier molecular flexibility index (Phi) is 4.79. The van der Waals surface area contributed by atoms with Gasteiger partial charge in [0.15, 0.2) is 11.0 Å². The zero-order chi connectivity index (χ0) is 15.4. The maximum Gasteiger partial charge on any atom is 0.313 e. The van der Waals surface area contributed by atoms with Crippen LogP contribution in [0, 0.1) is 5.82 Å². The molecule has 0 amide bonds. The molecule has 6 nitrogen and oxygen atoms in total. The summed E-state index contributed by atoms with van der Waals surface area (Å²) in [6.07, 6.45) is 0.766. The molecule has 1 aromatic carbocycles. The van der Waals surface area contributed by atoms with Crippen molar-refractivity contribution < 1.29 is 19.4 Å². The van der Waals surface area contributed by atoms with Crippen LogP contribution in [0.2, 0.25) is 0 Å². The van der Waals surface area contributed by atoms with E-state index in [0.29, 0.717) is 17.5 Å². The predicted octanol–water partition coefficient (Wildman–Crippen LogP) is 2.38. The molecule has 0 aliphatic rings. The van der Waals surface area contributed by atoms with Gasteiger partial charge < -0.3 is 14.8 Å². The second kappa shape index (κ2) is 6.57. The van der Waals surface area contributed by atoms with Crippen molar-refractivity contribution >= 4 is 17.7 Å². The van der Waals surface area contributed by atoms with Crippen LogP contribution >= 0.6 is 11.8 Å². The molecule has 0 aliphatic carbocycles. The lowest BCUT2D eigenvalue weighted by Crippen LogP contribution is -2.04. The van der Waals surface area contributed by atoms with Gasteiger partial charge in [0.05, 0.1) is 11.3 Å². The number of nitrogens with zero attached hydrogens (tertiary/aromatic N) is 3. The Morgan fingerprint density at radius 1 is 1.43 bits per heavy atom. The molecule has 0 bridgehead atoms. The summed E-state index contributed by atoms with van der Waals surface area (Å²) >= 11 is 1.04. The number of aliphatic carboxylic acids is 1. The highest BCUT2D eigenvalue weighted by molar-refractivity contribution is 7.99. The van der Waals surface area contributed by atoms with Crippen LogP contribution in [0.25, 0.3) is 11.4 Å². The van der Waals surface area contributed by atoms with Crippen molar-refractivity contribution in [1.29, 1.82) is 0 Å². The molecule has 2 aromatic rings. The van der Waals surface area contributed by atoms with Crippen LogP contribution in [0.4, 0.5) is 4.39 Å². The standard InChI is InChI=1S/C13H14FN3O3S/c1-2-5-17-12(9-6-8(14)3-4-10(9)18)15-16-13(17)21-7-11(19)20/h3-4,6,18H,2,5,7H2,1H3,(H,19,20). The number of phenols is 1. The topological polar surface area (TPSA) is 88.2 Å². The third kappa shape index (κ3) is 3.52. The first kappa shape index (κ1) is 15.3. The van der Waals surface area contributed by atoms with Crippen molar-refractivity contribution in [2.45, 2.75) is 25.0 Å². The zero-order valence-electron chi connectivity index (χ0n) is 11.3. The first-order valence-electron chi connectivity index (χ1n) is 6.29. The van der Waals surface area contributed by atoms with Gasteiger partial charge in [0.1, 0.15) is 11.6 Å². The van der Waals surface area contributed by atoms with Crippen molar-refractivity contribution in [3.05, 3.63) is 24.0 Å². The second-order valence-electron chi connectivity index (χ2n) is 4.30. The summed E-state index contributed by atoms with van der Waals surface area (Å²) in [5.74, 6) is -1.37. The van der Waals surface area contributed by atoms with Crippen LogP contribution < -0.4 is 0 Å². The van der Waals surface area contributed by atoms with Gasteiger partial charge in [-0.15, -0.1) is 10.2 Å². The second-order valence-corrected chi connectivity index (χ2v) is 5.24. The molecule has 0 saturated carbocycles. The van der Waals surface area contributed by atoms with Gasteiger partial charge >= 0.3 is 5.97 Å². The van der Waals surface area contributed by atoms with Gasteiger partial charge in [-0.05, 0) is 24.6 Å². The molecule has 2 rings (SSSR count). The van der Waals surface area contributed by atoms with Crippen molar-refractivity contribution in [2.75, 3.05) is 5.75 Å². The van der Waals surface area contributed by atoms with Crippen molar-refractivity contribution in [3.63, 3.8) is 0 Å². The van der Waals surface area contributed by atoms with E-state index in [1.165, 1.54) is 12.1 Å². The van der Waals surface area contributed by atoms with Crippen molar-refractivity contribution in [3.8, 4) is 17.1 Å². The number of rotatable bonds is 6. The molecule has 2 N–H and O–H groups in total. The van der Waals surface area contributed by atoms with E-state index in [4.69, 9.17) is 5.11 Å². The first-order chi connectivity index (χ1) is 10.0. The summed E-state index contributed by atoms with van der Waals surface area (Å²) < 4.78 is 15.0. The van der Waals surface area contributed by atoms with Crippen LogP contribution in [-0.2, 0) is 11.3 Å². The monoisotopic (exact) mass is 311 g/mol. The molecule has 1 aromatic heterocycles. The SMILES string of the molecule is CCCn1c(SCC(=O)O)nnc1-c1cc(F)ccc1O. The van der Waals surface area contributed by atoms with E-state index < -0.39 is 11.8 Å². The van der Waals surface area contributed by atoms with Crippen molar-refractivity contribution in [2.24, 2.45) is 0 Å². The molecule has 0 saturated heterocycles. The molecular formula is C13H14FN3O3S. The van der Waals surface area contributed by atoms with Crippen LogP contribution in [0.15, 0.2) is 23.4 Å². The Hall–Kier alpha value is -2.09. The van der Waals surface area contributed by atoms with Crippen LogP contribution in [0.1, 0.15) is 13.3 Å². The fraction of sp³-hybridized carbons (Fsp3) is 0.308. The highest BCUT2D eigenvalue weighted by Gasteiger charge is 2.18. The Bertz CT molecular complexity index is 660. The van der Waals surface area contributed by atoms with E-state index >= 15 is 0 Å². The van der Waals surface area contributed by atoms with E-state index in [-0.39, 0.29) is 17.1 Å². The number of carbonyl (C=O) groups is 1. The van der Waals surface area contributed by atoms with Gasteiger partial charge in [-0.1, -0.05) is 18.7 Å². The van der Waals surface area contributed by atoms with E-state index in [0.717, 1.165) is 24.2 Å². The minimum atomic E-state index is -0.957. The molecule has 0 aliphatic heterocycles. The third-order valence-electron chi connectivity index (χ3n) is 2.69. The summed E-state index contributed by atoms with van der Waals surface area (Å²) in [5, 5.41) is 26.9. The third-order valence-corrected chi connectivity index (χ3v) is 3.64. The number of aromatic nitrogens is 3. The number of phenolic OH excluding ortho intramolecular Hbond substituents is 1. The van der Waals surface area contributed by atoms with E-state index in [1.807, 2.05) is 6.92 Å². The molecule has 0 unspecified atom stereocenters. The van der Waals surface area contributed by atoms with Gasteiger partial charge in [0.25, 0.3) is 0 Å². The lowest BCUT2D eigenvalue weighted by molar-refractivity contribution is -0.133. The minimum Gasteiger partial charge on any atom is -0.507 e. The van der Waals surface area contributed by atoms with Gasteiger partial charge in [-0.3, -0.25) is 4.79 Å². The highest BCUT2D eigenvalue weighted by atomic mass is 32.2. The molecule has 8 heteroatoms. The largest absolute Gasteiger partial charge is 0.507 e. The van der Waals surface area contributed by atoms with Gasteiger partial charge in [-0.25, -0.2) is 4.39 Å². The molecule has 0 radical (unpaired) electrons. The average Bonchev–Trinajstić information content (AvgIpc) is 2.82. The molecule has 1 heterocycles. The van der Waals surface area contributed by atoms with E-state index in [2.05, 4.69) is 10.2 Å². The summed E-state index contributed by atoms with van der Waals surface area (Å²) in [7, 11) is 0. The number of halogens is 1. The molecule has 0 fully saturated rings. The molecular weight excluding hydrogens is 297 g/mol. The minimum absolute atomic E-state index is 0.101. The molecule has 0 spiro atoms. The quantitative estimate of drug-likeness (QED) is 0.796. The number of aromatic hydroxyl groups is 1. The summed E-state index contributed by atoms with van der Waals surface area (Å²) in [6, 6.07) is 3.58. The number of thioether (sulfide) groups is 1. The van der Waals surface area contributed by atoms with Crippen LogP contribution in [0.5, 0.6) is 5.75 Å². The Labute approximate surface area is 124 Å². The zero-order valence-corrected chi connectivity index (χ0v) is 12.1. The van der Waals surface area contributed by atoms with Crippen LogP contribution in [-0.4, -0.2) is 36.7 Å². The number of carboxylic acids is 1. The lowest BCUT2D eigenvalue weighted by atomic mass is 10.2. The number of benzene rings is 1. The summed E-state index contributed by atoms with van der Waals surface area (Å²) in [5.41, 5.74) is 0.234. The lowest BCUT2D eigenvalue weighted by Gasteiger charge is -2.09. The highest BCUT2D eigenvalue weighted by Crippen LogP contribution is 2.31. The summed E-state index contributed by atoms with van der Waals surface area (Å²) in [6.45, 7) is 2.49. The van der Waals surface area contributed by atoms with Gasteiger partial charge in [-0.2, -0.15) is 0 Å². The first-order valence-corrected chi connectivity index (χ1v) is 7.28. The molecule has 112 valence electrons. The van der Waals surface area contributed by atoms with Crippen LogP contribution in [0.3, 0.4) is 0 Å². The Balaban J connectivity index is 2.43. The number of hydrogen-bond acceptors (Lipinski definition) is 5. The normalized spacial score (nSPS) is 10.8. The fourth-order valence-electron chi connectivity index (χ4n) is 1.83. The van der Waals surface area contributed by atoms with E-state index in [9.17, 15) is 14.3 Å². The molecule has 21 heavy (non-hydrogen) atoms. The van der Waals surface area contributed by atoms with Crippen molar-refractivity contribution in [1.82, 2.24) is 14.8 Å². The van der Waals surface area contributed by atoms with Gasteiger partial charge in [0, 0.05) is 6.54 Å². The number of hydrogen-bond donors (Lipinski definition) is 2. The maximum absolute atomic E-state index is 13.4. The predicted molar refractivity (Wildman–Crippen MR) is 75.7 cm³/mol. The maximum atomic E-state index is 13.4. The Morgan fingerprint density at radius 3 is 2.86 bits per heavy atom. The van der Waals surface area contributed by atoms with E-state index in [1.54, 1.807) is 4.57 Å². The average molecular weight is 311 g/mol. The fourth-order valence-corrected chi connectivity index (χ4v) is 2.52.